The number of hydrogen-bond donors (Lipinski definition) is 2. The third-order valence-corrected chi connectivity index (χ3v) is 3.86. The third kappa shape index (κ3) is 2.91. The molecule has 1 aromatic heterocycles. The Bertz CT molecular complexity index is 689. The molecule has 2 N–H and O–H groups in total. The molecule has 0 aliphatic carbocycles. The summed E-state index contributed by atoms with van der Waals surface area (Å²) in [5.74, 6) is 0.281. The number of nitrogens with zero attached hydrogens (tertiary/aromatic N) is 1. The van der Waals surface area contributed by atoms with E-state index in [1.165, 1.54) is 0 Å². The molecule has 2 aromatic carbocycles. The summed E-state index contributed by atoms with van der Waals surface area (Å²) in [5.41, 5.74) is 3.10. The fourth-order valence-electron chi connectivity index (χ4n) is 1.82. The first kappa shape index (κ1) is 14.3. The predicted octanol–water partition coefficient (Wildman–Crippen LogP) is 4.74. The number of benzene rings is 2. The van der Waals surface area contributed by atoms with Gasteiger partial charge >= 0.3 is 0 Å². The van der Waals surface area contributed by atoms with Crippen LogP contribution in [0.4, 0.5) is 5.69 Å². The normalized spacial score (nSPS) is 9.95. The molecular weight excluding hydrogens is 268 g/mol. The average molecular weight is 286 g/mol. The summed E-state index contributed by atoms with van der Waals surface area (Å²) < 4.78 is 1.00. The monoisotopic (exact) mass is 286 g/mol. The Morgan fingerprint density at radius 2 is 1.75 bits per heavy atom. The van der Waals surface area contributed by atoms with Gasteiger partial charge in [0.2, 0.25) is 0 Å². The zero-order valence-electron chi connectivity index (χ0n) is 11.8. The molecule has 3 aromatic rings. The van der Waals surface area contributed by atoms with Crippen molar-refractivity contribution in [2.24, 2.45) is 0 Å². The van der Waals surface area contributed by atoms with Gasteiger partial charge in [0.1, 0.15) is 10.8 Å². The molecule has 3 nitrogen and oxygen atoms in total. The fourth-order valence-corrected chi connectivity index (χ4v) is 2.82. The van der Waals surface area contributed by atoms with E-state index in [4.69, 9.17) is 0 Å². The van der Waals surface area contributed by atoms with Gasteiger partial charge in [0.15, 0.2) is 0 Å². The Balaban J connectivity index is 0.000000704. The van der Waals surface area contributed by atoms with Crippen LogP contribution in [0.3, 0.4) is 0 Å². The number of phenols is 1. The number of anilines is 1. The van der Waals surface area contributed by atoms with Crippen LogP contribution in [-0.4, -0.2) is 17.1 Å². The van der Waals surface area contributed by atoms with Crippen molar-refractivity contribution in [3.63, 3.8) is 0 Å². The van der Waals surface area contributed by atoms with E-state index in [1.807, 2.05) is 51.2 Å². The van der Waals surface area contributed by atoms with Crippen molar-refractivity contribution < 1.29 is 5.11 Å². The predicted molar refractivity (Wildman–Crippen MR) is 87.6 cm³/mol. The lowest BCUT2D eigenvalue weighted by Gasteiger charge is -2.00. The molecule has 0 saturated carbocycles. The smallest absolute Gasteiger partial charge is 0.124 e. The lowest BCUT2D eigenvalue weighted by Crippen LogP contribution is -1.86. The largest absolute Gasteiger partial charge is 0.508 e. The van der Waals surface area contributed by atoms with Crippen LogP contribution in [0.15, 0.2) is 42.5 Å². The molecule has 104 valence electrons. The van der Waals surface area contributed by atoms with Gasteiger partial charge in [-0.1, -0.05) is 13.8 Å². The van der Waals surface area contributed by atoms with Gasteiger partial charge < -0.3 is 10.4 Å². The highest BCUT2D eigenvalue weighted by atomic mass is 32.1. The first-order valence-corrected chi connectivity index (χ1v) is 7.45. The maximum atomic E-state index is 9.45. The summed E-state index contributed by atoms with van der Waals surface area (Å²) in [6, 6.07) is 13.4. The Hall–Kier alpha value is -2.07. The van der Waals surface area contributed by atoms with E-state index < -0.39 is 0 Å². The molecule has 0 aliphatic heterocycles. The second-order valence-corrected chi connectivity index (χ2v) is 5.03. The number of fused-ring (bicyclic) bond motifs is 1. The zero-order chi connectivity index (χ0) is 14.5. The minimum atomic E-state index is 0.281. The number of hydrogen-bond acceptors (Lipinski definition) is 4. The fraction of sp³-hybridized carbons (Fsp3) is 0.188. The molecule has 0 radical (unpaired) electrons. The van der Waals surface area contributed by atoms with Gasteiger partial charge in [0, 0.05) is 18.3 Å². The van der Waals surface area contributed by atoms with Crippen LogP contribution in [-0.2, 0) is 0 Å². The van der Waals surface area contributed by atoms with E-state index in [9.17, 15) is 5.11 Å². The van der Waals surface area contributed by atoms with Crippen molar-refractivity contribution in [1.29, 1.82) is 0 Å². The molecule has 0 aliphatic rings. The van der Waals surface area contributed by atoms with E-state index in [1.54, 1.807) is 23.5 Å². The maximum Gasteiger partial charge on any atom is 0.124 e. The lowest BCUT2D eigenvalue weighted by atomic mass is 10.2. The van der Waals surface area contributed by atoms with E-state index in [0.717, 1.165) is 26.5 Å². The molecule has 1 heterocycles. The Kier molecular flexibility index (Phi) is 4.58. The average Bonchev–Trinajstić information content (AvgIpc) is 2.92. The second kappa shape index (κ2) is 6.39. The van der Waals surface area contributed by atoms with Crippen molar-refractivity contribution in [1.82, 2.24) is 4.98 Å². The van der Waals surface area contributed by atoms with E-state index in [-0.39, 0.29) is 5.75 Å². The second-order valence-electron chi connectivity index (χ2n) is 4.00. The van der Waals surface area contributed by atoms with Crippen LogP contribution in [0.25, 0.3) is 20.8 Å². The molecule has 0 bridgehead atoms. The van der Waals surface area contributed by atoms with Crippen molar-refractivity contribution in [2.75, 3.05) is 12.4 Å². The molecule has 0 amide bonds. The Morgan fingerprint density at radius 1 is 1.05 bits per heavy atom. The van der Waals surface area contributed by atoms with Crippen molar-refractivity contribution in [3.8, 4) is 16.3 Å². The SMILES string of the molecule is CC.CNc1ccc(-c2nc3ccc(O)cc3s2)cc1. The molecule has 20 heavy (non-hydrogen) atoms. The quantitative estimate of drug-likeness (QED) is 0.715. The van der Waals surface area contributed by atoms with Gasteiger partial charge in [-0.2, -0.15) is 0 Å². The van der Waals surface area contributed by atoms with E-state index in [2.05, 4.69) is 10.3 Å². The standard InChI is InChI=1S/C14H12N2OS.C2H6/c1-15-10-4-2-9(3-5-10)14-16-12-7-6-11(17)8-13(12)18-14;1-2/h2-8,15,17H,1H3;1-2H3. The number of aromatic hydroxyl groups is 1. The van der Waals surface area contributed by atoms with Crippen LogP contribution >= 0.6 is 11.3 Å². The van der Waals surface area contributed by atoms with Crippen molar-refractivity contribution in [2.45, 2.75) is 13.8 Å². The number of aromatic nitrogens is 1. The molecule has 4 heteroatoms. The topological polar surface area (TPSA) is 45.2 Å². The van der Waals surface area contributed by atoms with Gasteiger partial charge in [-0.15, -0.1) is 11.3 Å². The van der Waals surface area contributed by atoms with Gasteiger partial charge in [-0.05, 0) is 42.5 Å². The first-order chi connectivity index (χ1) is 9.76. The lowest BCUT2D eigenvalue weighted by molar-refractivity contribution is 0.476. The molecule has 0 fully saturated rings. The molecule has 0 unspecified atom stereocenters. The van der Waals surface area contributed by atoms with Crippen molar-refractivity contribution >= 4 is 27.2 Å². The third-order valence-electron chi connectivity index (χ3n) is 2.79. The van der Waals surface area contributed by atoms with Crippen molar-refractivity contribution in [3.05, 3.63) is 42.5 Å². The summed E-state index contributed by atoms with van der Waals surface area (Å²) >= 11 is 1.59. The summed E-state index contributed by atoms with van der Waals surface area (Å²) in [4.78, 5) is 4.57. The summed E-state index contributed by atoms with van der Waals surface area (Å²) in [6.45, 7) is 4.00. The molecule has 0 spiro atoms. The van der Waals surface area contributed by atoms with Crippen LogP contribution < -0.4 is 5.32 Å². The van der Waals surface area contributed by atoms with Gasteiger partial charge in [0.25, 0.3) is 0 Å². The van der Waals surface area contributed by atoms with Crippen LogP contribution in [0.2, 0.25) is 0 Å². The van der Waals surface area contributed by atoms with Crippen LogP contribution in [0.1, 0.15) is 13.8 Å². The number of rotatable bonds is 2. The molecule has 3 rings (SSSR count). The van der Waals surface area contributed by atoms with Crippen LogP contribution in [0.5, 0.6) is 5.75 Å². The highest BCUT2D eigenvalue weighted by molar-refractivity contribution is 7.21. The summed E-state index contributed by atoms with van der Waals surface area (Å²) in [7, 11) is 1.90. The maximum absolute atomic E-state index is 9.45. The van der Waals surface area contributed by atoms with Gasteiger partial charge in [-0.25, -0.2) is 4.98 Å². The Labute approximate surface area is 122 Å². The van der Waals surface area contributed by atoms with E-state index in [0.29, 0.717) is 0 Å². The Morgan fingerprint density at radius 3 is 2.40 bits per heavy atom. The zero-order valence-corrected chi connectivity index (χ0v) is 12.7. The minimum absolute atomic E-state index is 0.281. The molecule has 0 atom stereocenters. The number of nitrogens with one attached hydrogen (secondary N) is 1. The van der Waals surface area contributed by atoms with E-state index >= 15 is 0 Å². The summed E-state index contributed by atoms with van der Waals surface area (Å²) in [5, 5.41) is 13.5. The molecule has 0 saturated heterocycles. The summed E-state index contributed by atoms with van der Waals surface area (Å²) in [6.07, 6.45) is 0. The first-order valence-electron chi connectivity index (χ1n) is 6.64. The highest BCUT2D eigenvalue weighted by Crippen LogP contribution is 2.32. The highest BCUT2D eigenvalue weighted by Gasteiger charge is 2.06. The minimum Gasteiger partial charge on any atom is -0.508 e. The van der Waals surface area contributed by atoms with Crippen LogP contribution in [0, 0.1) is 0 Å². The van der Waals surface area contributed by atoms with Gasteiger partial charge in [-0.3, -0.25) is 0 Å². The number of phenolic OH excluding ortho intramolecular Hbond substituents is 1. The number of thiazole rings is 1. The molecular formula is C16H18N2OS. The van der Waals surface area contributed by atoms with Gasteiger partial charge in [0.05, 0.1) is 10.2 Å².